The van der Waals surface area contributed by atoms with Crippen LogP contribution in [-0.4, -0.2) is 78.6 Å². The smallest absolute Gasteiger partial charge is 0.325 e. The number of amides is 4. The molecule has 2 aromatic rings. The lowest BCUT2D eigenvalue weighted by atomic mass is 9.84. The molecule has 45 heavy (non-hydrogen) atoms. The van der Waals surface area contributed by atoms with Crippen molar-refractivity contribution in [1.29, 1.82) is 0 Å². The van der Waals surface area contributed by atoms with Crippen molar-refractivity contribution in [2.24, 2.45) is 11.8 Å². The Morgan fingerprint density at radius 1 is 0.889 bits per heavy atom. The monoisotopic (exact) mass is 620 g/mol. The van der Waals surface area contributed by atoms with Gasteiger partial charge < -0.3 is 25.6 Å². The fourth-order valence-electron chi connectivity index (χ4n) is 6.29. The Hall–Kier alpha value is -4.28. The number of ketones is 1. The van der Waals surface area contributed by atoms with E-state index >= 15 is 0 Å². The number of rotatable bonds is 12. The molecule has 0 spiro atoms. The molecular weight excluding hydrogens is 576 g/mol. The van der Waals surface area contributed by atoms with Crippen molar-refractivity contribution in [3.8, 4) is 0 Å². The zero-order valence-electron chi connectivity index (χ0n) is 26.3. The average Bonchev–Trinajstić information content (AvgIpc) is 3.55. The topological polar surface area (TPSA) is 151 Å². The molecule has 2 unspecified atom stereocenters. The third-order valence-corrected chi connectivity index (χ3v) is 8.84. The highest BCUT2D eigenvalue weighted by Gasteiger charge is 2.40. The van der Waals surface area contributed by atoms with Crippen molar-refractivity contribution in [3.63, 3.8) is 0 Å². The summed E-state index contributed by atoms with van der Waals surface area (Å²) in [6.07, 6.45) is 6.73. The van der Waals surface area contributed by atoms with E-state index in [0.29, 0.717) is 31.4 Å². The summed E-state index contributed by atoms with van der Waals surface area (Å²) in [6, 6.07) is 10.4. The summed E-state index contributed by atoms with van der Waals surface area (Å²) in [5.41, 5.74) is 0.453. The van der Waals surface area contributed by atoms with E-state index in [4.69, 9.17) is 0 Å². The molecule has 3 N–H and O–H groups in total. The molecule has 11 heteroatoms. The summed E-state index contributed by atoms with van der Waals surface area (Å²) in [6.45, 7) is 3.24. The molecule has 2 aliphatic rings. The molecule has 242 valence electrons. The second kappa shape index (κ2) is 15.6. The molecular formula is C34H44N4O7. The number of likely N-dealkylation sites (tertiary alicyclic amines) is 1. The Balaban J connectivity index is 1.49. The lowest BCUT2D eigenvalue weighted by Gasteiger charge is -2.32. The van der Waals surface area contributed by atoms with Crippen LogP contribution in [0.3, 0.4) is 0 Å². The molecule has 4 rings (SSSR count). The molecule has 1 saturated carbocycles. The van der Waals surface area contributed by atoms with Gasteiger partial charge in [0.25, 0.3) is 11.8 Å². The predicted molar refractivity (Wildman–Crippen MR) is 168 cm³/mol. The molecule has 1 aliphatic heterocycles. The summed E-state index contributed by atoms with van der Waals surface area (Å²) in [7, 11) is 1.16. The number of nitrogens with zero attached hydrogens (tertiary/aromatic N) is 1. The largest absolute Gasteiger partial charge is 0.468 e. The fourth-order valence-corrected chi connectivity index (χ4v) is 6.29. The fraction of sp³-hybridized carbons (Fsp3) is 0.529. The van der Waals surface area contributed by atoms with Crippen LogP contribution in [0.1, 0.15) is 75.6 Å². The van der Waals surface area contributed by atoms with Gasteiger partial charge in [-0.3, -0.25) is 28.8 Å². The van der Waals surface area contributed by atoms with Crippen LogP contribution < -0.4 is 16.0 Å². The third kappa shape index (κ3) is 8.67. The number of Topliss-reactive ketones (excluding diaryl/α,β-unsaturated/α-hetero) is 1. The van der Waals surface area contributed by atoms with E-state index in [1.807, 2.05) is 36.4 Å². The first-order chi connectivity index (χ1) is 21.6. The van der Waals surface area contributed by atoms with Gasteiger partial charge >= 0.3 is 5.97 Å². The first-order valence-corrected chi connectivity index (χ1v) is 15.9. The number of carbonyl (C=O) groups is 6. The molecule has 3 atom stereocenters. The van der Waals surface area contributed by atoms with Crippen LogP contribution in [0.15, 0.2) is 42.5 Å². The van der Waals surface area contributed by atoms with Gasteiger partial charge in [0.05, 0.1) is 13.2 Å². The van der Waals surface area contributed by atoms with Gasteiger partial charge in [0, 0.05) is 12.1 Å². The minimum atomic E-state index is -1.15. The van der Waals surface area contributed by atoms with E-state index < -0.39 is 54.2 Å². The van der Waals surface area contributed by atoms with Gasteiger partial charge in [-0.25, -0.2) is 0 Å². The summed E-state index contributed by atoms with van der Waals surface area (Å²) in [5, 5.41) is 9.82. The normalized spacial score (nSPS) is 18.2. The summed E-state index contributed by atoms with van der Waals surface area (Å²) in [4.78, 5) is 79.4. The Morgan fingerprint density at radius 2 is 1.60 bits per heavy atom. The zero-order valence-corrected chi connectivity index (χ0v) is 26.3. The highest BCUT2D eigenvalue weighted by molar-refractivity contribution is 6.38. The van der Waals surface area contributed by atoms with Crippen molar-refractivity contribution in [3.05, 3.63) is 48.0 Å². The molecule has 0 bridgehead atoms. The first kappa shape index (κ1) is 33.6. The van der Waals surface area contributed by atoms with Gasteiger partial charge in [-0.1, -0.05) is 76.3 Å². The number of ether oxygens (including phenoxy) is 1. The van der Waals surface area contributed by atoms with E-state index in [1.165, 1.54) is 4.90 Å². The zero-order chi connectivity index (χ0) is 32.5. The maximum atomic E-state index is 14.1. The maximum Gasteiger partial charge on any atom is 0.325 e. The first-order valence-electron chi connectivity index (χ1n) is 15.9. The van der Waals surface area contributed by atoms with Crippen LogP contribution in [0.4, 0.5) is 0 Å². The van der Waals surface area contributed by atoms with E-state index in [-0.39, 0.29) is 17.7 Å². The second-order valence-corrected chi connectivity index (χ2v) is 12.4. The van der Waals surface area contributed by atoms with Crippen molar-refractivity contribution < 1.29 is 33.5 Å². The highest BCUT2D eigenvalue weighted by atomic mass is 16.5. The molecule has 0 radical (unpaired) electrons. The number of esters is 1. The quantitative estimate of drug-likeness (QED) is 0.244. The molecule has 2 fully saturated rings. The van der Waals surface area contributed by atoms with Gasteiger partial charge in [0.2, 0.25) is 17.6 Å². The molecule has 1 aliphatic carbocycles. The van der Waals surface area contributed by atoms with Gasteiger partial charge in [-0.05, 0) is 54.0 Å². The molecule has 11 nitrogen and oxygen atoms in total. The van der Waals surface area contributed by atoms with E-state index in [1.54, 1.807) is 19.9 Å². The lowest BCUT2D eigenvalue weighted by Crippen LogP contribution is -2.57. The van der Waals surface area contributed by atoms with Gasteiger partial charge in [-0.2, -0.15) is 0 Å². The van der Waals surface area contributed by atoms with Gasteiger partial charge in [0.1, 0.15) is 18.6 Å². The van der Waals surface area contributed by atoms with Crippen molar-refractivity contribution in [1.82, 2.24) is 20.9 Å². The predicted octanol–water partition coefficient (Wildman–Crippen LogP) is 2.90. The molecule has 1 heterocycles. The summed E-state index contributed by atoms with van der Waals surface area (Å²) < 4.78 is 4.49. The Bertz CT molecular complexity index is 1420. The number of fused-ring (bicyclic) bond motifs is 1. The number of methoxy groups -OCH3 is 1. The summed E-state index contributed by atoms with van der Waals surface area (Å²) >= 11 is 0. The van der Waals surface area contributed by atoms with E-state index in [9.17, 15) is 28.8 Å². The third-order valence-electron chi connectivity index (χ3n) is 8.84. The lowest BCUT2D eigenvalue weighted by molar-refractivity contribution is -0.145. The number of nitrogens with one attached hydrogen (secondary N) is 3. The number of hydrogen-bond acceptors (Lipinski definition) is 7. The van der Waals surface area contributed by atoms with Crippen LogP contribution in [0.25, 0.3) is 10.8 Å². The minimum absolute atomic E-state index is 0.283. The van der Waals surface area contributed by atoms with E-state index in [0.717, 1.165) is 50.0 Å². The van der Waals surface area contributed by atoms with E-state index in [2.05, 4.69) is 20.7 Å². The SMILES string of the molecule is COC(=O)CNC(=O)C(=O)C(NC(=O)[C@@H]1CCCN1C(=O)C(CC1CCCCC1)NC(=O)c1ccc2ccccc2c1)C(C)C. The van der Waals surface area contributed by atoms with Crippen LogP contribution >= 0.6 is 0 Å². The molecule has 1 saturated heterocycles. The highest BCUT2D eigenvalue weighted by Crippen LogP contribution is 2.29. The van der Waals surface area contributed by atoms with Gasteiger partial charge in [-0.15, -0.1) is 0 Å². The number of benzene rings is 2. The number of carbonyl (C=O) groups excluding carboxylic acids is 6. The van der Waals surface area contributed by atoms with Crippen molar-refractivity contribution in [2.75, 3.05) is 20.2 Å². The standard InChI is InChI=1S/C34H44N4O7/c1-21(2)29(30(40)33(43)35-20-28(39)45-3)37-32(42)27-14-9-17-38(27)34(44)26(18-22-10-5-4-6-11-22)36-31(41)25-16-15-23-12-7-8-13-24(23)19-25/h7-8,12-13,15-16,19,21-22,26-27,29H,4-6,9-11,14,17-18,20H2,1-3H3,(H,35,43)(H,36,41)(H,37,42)/t26?,27-,29?/m0/s1. The van der Waals surface area contributed by atoms with Crippen LogP contribution in [0, 0.1) is 11.8 Å². The molecule has 0 aromatic heterocycles. The Morgan fingerprint density at radius 3 is 2.29 bits per heavy atom. The van der Waals surface area contributed by atoms with Crippen molar-refractivity contribution >= 4 is 46.2 Å². The minimum Gasteiger partial charge on any atom is -0.468 e. The maximum absolute atomic E-state index is 14.1. The van der Waals surface area contributed by atoms with Crippen LogP contribution in [-0.2, 0) is 28.7 Å². The second-order valence-electron chi connectivity index (χ2n) is 12.4. The van der Waals surface area contributed by atoms with Gasteiger partial charge in [0.15, 0.2) is 0 Å². The summed E-state index contributed by atoms with van der Waals surface area (Å²) in [5.74, 6) is -3.97. The number of hydrogen-bond donors (Lipinski definition) is 3. The molecule has 2 aromatic carbocycles. The Labute approximate surface area is 263 Å². The van der Waals surface area contributed by atoms with Crippen LogP contribution in [0.2, 0.25) is 0 Å². The molecule has 4 amide bonds. The van der Waals surface area contributed by atoms with Crippen LogP contribution in [0.5, 0.6) is 0 Å². The average molecular weight is 621 g/mol. The Kier molecular flexibility index (Phi) is 11.7. The van der Waals surface area contributed by atoms with Crippen molar-refractivity contribution in [2.45, 2.75) is 83.3 Å².